The molecule has 1 aromatic carbocycles. The molecule has 0 bridgehead atoms. The standard InChI is InChI=1S/C30H46N4O7SSi/c1-11-13-38-28(35)26-20(5)23(37-8)15-24(41-43(9,10)30(6,7)19(3)4)21(26)17-42-18-22(31)27-33-25(34-40-27)16-32-29(36)39-14-12-2/h11-12,15,19,22H,1-2,13-14,16-18,31H2,3-10H3,(H,32,36)/t22-/m0/s1. The third kappa shape index (κ3) is 9.34. The van der Waals surface area contributed by atoms with Crippen molar-refractivity contribution in [3.05, 3.63) is 59.8 Å². The Hall–Kier alpha value is -3.29. The molecule has 1 aromatic heterocycles. The summed E-state index contributed by atoms with van der Waals surface area (Å²) in [7, 11) is -0.805. The number of nitrogens with one attached hydrogen (secondary N) is 1. The predicted octanol–water partition coefficient (Wildman–Crippen LogP) is 6.09. The summed E-state index contributed by atoms with van der Waals surface area (Å²) in [6.45, 7) is 22.4. The Bertz CT molecular complexity index is 1280. The lowest BCUT2D eigenvalue weighted by Crippen LogP contribution is -2.48. The van der Waals surface area contributed by atoms with Crippen molar-refractivity contribution in [1.82, 2.24) is 15.5 Å². The van der Waals surface area contributed by atoms with Gasteiger partial charge < -0.3 is 34.2 Å². The van der Waals surface area contributed by atoms with E-state index < -0.39 is 26.4 Å². The summed E-state index contributed by atoms with van der Waals surface area (Å²) in [5, 5.41) is 6.33. The molecule has 1 atom stereocenters. The maximum absolute atomic E-state index is 13.3. The summed E-state index contributed by atoms with van der Waals surface area (Å²) in [6.07, 6.45) is 2.37. The Morgan fingerprint density at radius 2 is 1.84 bits per heavy atom. The molecule has 0 saturated heterocycles. The lowest BCUT2D eigenvalue weighted by Gasteiger charge is -2.43. The predicted molar refractivity (Wildman–Crippen MR) is 171 cm³/mol. The van der Waals surface area contributed by atoms with Crippen LogP contribution in [-0.2, 0) is 21.8 Å². The van der Waals surface area contributed by atoms with Gasteiger partial charge in [0.1, 0.15) is 24.7 Å². The van der Waals surface area contributed by atoms with Crippen molar-refractivity contribution in [2.24, 2.45) is 11.7 Å². The second kappa shape index (κ2) is 16.0. The molecular weight excluding hydrogens is 589 g/mol. The first-order chi connectivity index (χ1) is 20.2. The molecule has 43 heavy (non-hydrogen) atoms. The number of aromatic nitrogens is 2. The normalized spacial score (nSPS) is 12.4. The molecule has 0 aliphatic heterocycles. The average Bonchev–Trinajstić information content (AvgIpc) is 3.43. The van der Waals surface area contributed by atoms with E-state index in [9.17, 15) is 9.59 Å². The van der Waals surface area contributed by atoms with E-state index in [-0.39, 0.29) is 36.5 Å². The highest BCUT2D eigenvalue weighted by molar-refractivity contribution is 7.98. The number of nitrogens with two attached hydrogens (primary N) is 1. The Labute approximate surface area is 260 Å². The lowest BCUT2D eigenvalue weighted by atomic mass is 9.99. The smallest absolute Gasteiger partial charge is 0.407 e. The highest BCUT2D eigenvalue weighted by Crippen LogP contribution is 2.47. The van der Waals surface area contributed by atoms with Crippen LogP contribution in [0.5, 0.6) is 11.5 Å². The maximum atomic E-state index is 13.3. The summed E-state index contributed by atoms with van der Waals surface area (Å²) in [4.78, 5) is 29.3. The minimum atomic E-state index is -2.37. The zero-order chi connectivity index (χ0) is 32.4. The zero-order valence-corrected chi connectivity index (χ0v) is 28.4. The summed E-state index contributed by atoms with van der Waals surface area (Å²) >= 11 is 1.49. The number of rotatable bonds is 17. The van der Waals surface area contributed by atoms with Crippen molar-refractivity contribution in [2.45, 2.75) is 71.1 Å². The van der Waals surface area contributed by atoms with Crippen molar-refractivity contribution >= 4 is 32.1 Å². The van der Waals surface area contributed by atoms with Crippen molar-refractivity contribution in [3.8, 4) is 11.5 Å². The number of carbonyl (C=O) groups excluding carboxylic acids is 2. The van der Waals surface area contributed by atoms with E-state index in [0.717, 1.165) is 0 Å². The minimum Gasteiger partial charge on any atom is -0.543 e. The van der Waals surface area contributed by atoms with E-state index >= 15 is 0 Å². The molecule has 1 amide bonds. The number of hydrogen-bond donors (Lipinski definition) is 2. The van der Waals surface area contributed by atoms with Crippen molar-refractivity contribution < 1.29 is 32.7 Å². The number of alkyl carbamates (subject to hydrolysis) is 1. The van der Waals surface area contributed by atoms with Crippen LogP contribution in [0, 0.1) is 12.8 Å². The van der Waals surface area contributed by atoms with Crippen molar-refractivity contribution in [2.75, 3.05) is 26.1 Å². The quantitative estimate of drug-likeness (QED) is 0.118. The van der Waals surface area contributed by atoms with Crippen LogP contribution >= 0.6 is 11.8 Å². The van der Waals surface area contributed by atoms with Crippen LogP contribution in [-0.4, -0.2) is 56.6 Å². The van der Waals surface area contributed by atoms with Crippen LogP contribution in [0.25, 0.3) is 0 Å². The molecule has 0 aliphatic rings. The molecule has 2 rings (SSSR count). The van der Waals surface area contributed by atoms with E-state index in [1.807, 2.05) is 13.0 Å². The lowest BCUT2D eigenvalue weighted by molar-refractivity contribution is 0.0547. The third-order valence-electron chi connectivity index (χ3n) is 7.79. The second-order valence-electron chi connectivity index (χ2n) is 11.3. The van der Waals surface area contributed by atoms with Gasteiger partial charge in [-0.05, 0) is 31.0 Å². The SMILES string of the molecule is C=CCOC(=O)NCc1noc([C@@H](N)CSCc2c(O[Si](C)(C)C(C)(C)C(C)C)cc(OC)c(C)c2C(=O)OCC=C)n1. The highest BCUT2D eigenvalue weighted by Gasteiger charge is 2.45. The molecule has 2 aromatic rings. The molecule has 11 nitrogen and oxygen atoms in total. The van der Waals surface area contributed by atoms with Crippen LogP contribution in [0.15, 0.2) is 35.9 Å². The van der Waals surface area contributed by atoms with Crippen LogP contribution in [0.3, 0.4) is 0 Å². The summed E-state index contributed by atoms with van der Waals surface area (Å²) < 4.78 is 28.2. The first-order valence-corrected chi connectivity index (χ1v) is 18.1. The largest absolute Gasteiger partial charge is 0.543 e. The van der Waals surface area contributed by atoms with Gasteiger partial charge >= 0.3 is 12.1 Å². The van der Waals surface area contributed by atoms with Crippen LogP contribution in [0.2, 0.25) is 18.1 Å². The molecule has 0 saturated carbocycles. The minimum absolute atomic E-state index is 0.0216. The van der Waals surface area contributed by atoms with Gasteiger partial charge in [0, 0.05) is 28.7 Å². The molecule has 13 heteroatoms. The Kier molecular flexibility index (Phi) is 13.3. The number of amides is 1. The van der Waals surface area contributed by atoms with Gasteiger partial charge in [-0.2, -0.15) is 16.7 Å². The first-order valence-electron chi connectivity index (χ1n) is 14.0. The molecule has 0 fully saturated rings. The fourth-order valence-electron chi connectivity index (χ4n) is 4.00. The topological polar surface area (TPSA) is 148 Å². The molecule has 0 radical (unpaired) electrons. The van der Waals surface area contributed by atoms with E-state index in [1.54, 1.807) is 7.11 Å². The molecule has 0 spiro atoms. The van der Waals surface area contributed by atoms with E-state index in [0.29, 0.717) is 45.6 Å². The third-order valence-corrected chi connectivity index (χ3v) is 13.3. The van der Waals surface area contributed by atoms with E-state index in [4.69, 9.17) is 28.9 Å². The molecule has 0 aliphatic carbocycles. The summed E-state index contributed by atoms with van der Waals surface area (Å²) in [5.74, 6) is 2.32. The van der Waals surface area contributed by atoms with E-state index in [2.05, 4.69) is 69.4 Å². The Morgan fingerprint density at radius 1 is 1.19 bits per heavy atom. The number of benzene rings is 1. The second-order valence-corrected chi connectivity index (χ2v) is 16.9. The summed E-state index contributed by atoms with van der Waals surface area (Å²) in [5.41, 5.74) is 8.14. The number of hydrogen-bond acceptors (Lipinski definition) is 11. The number of carbonyl (C=O) groups is 2. The molecule has 238 valence electrons. The van der Waals surface area contributed by atoms with Gasteiger partial charge in [0.2, 0.25) is 5.89 Å². The fourth-order valence-corrected chi connectivity index (χ4v) is 7.39. The zero-order valence-electron chi connectivity index (χ0n) is 26.6. The van der Waals surface area contributed by atoms with Crippen molar-refractivity contribution in [3.63, 3.8) is 0 Å². The number of esters is 1. The van der Waals surface area contributed by atoms with Gasteiger partial charge in [0.05, 0.1) is 25.3 Å². The fraction of sp³-hybridized carbons (Fsp3) is 0.533. The van der Waals surface area contributed by atoms with Gasteiger partial charge in [0.25, 0.3) is 8.32 Å². The van der Waals surface area contributed by atoms with Crippen molar-refractivity contribution in [1.29, 1.82) is 0 Å². The maximum Gasteiger partial charge on any atom is 0.407 e. The van der Waals surface area contributed by atoms with Crippen LogP contribution in [0.1, 0.15) is 66.9 Å². The molecule has 3 N–H and O–H groups in total. The summed E-state index contributed by atoms with van der Waals surface area (Å²) in [6, 6.07) is 1.27. The number of nitrogens with zero attached hydrogens (tertiary/aromatic N) is 2. The number of ether oxygens (including phenoxy) is 3. The van der Waals surface area contributed by atoms with Gasteiger partial charge in [-0.15, -0.1) is 0 Å². The average molecular weight is 635 g/mol. The number of thioether (sulfide) groups is 1. The first kappa shape index (κ1) is 35.9. The number of methoxy groups -OCH3 is 1. The van der Waals surface area contributed by atoms with Crippen LogP contribution < -0.4 is 20.2 Å². The molecule has 1 heterocycles. The highest BCUT2D eigenvalue weighted by atomic mass is 32.2. The van der Waals surface area contributed by atoms with Crippen LogP contribution in [0.4, 0.5) is 4.79 Å². The van der Waals surface area contributed by atoms with Gasteiger partial charge in [0.15, 0.2) is 5.82 Å². The van der Waals surface area contributed by atoms with E-state index in [1.165, 1.54) is 23.9 Å². The monoisotopic (exact) mass is 634 g/mol. The van der Waals surface area contributed by atoms with Gasteiger partial charge in [-0.3, -0.25) is 0 Å². The van der Waals surface area contributed by atoms with Gasteiger partial charge in [-0.1, -0.05) is 58.2 Å². The Balaban J connectivity index is 2.33. The Morgan fingerprint density at radius 3 is 2.44 bits per heavy atom. The molecule has 0 unspecified atom stereocenters. The molecular formula is C30H46N4O7SSi. The van der Waals surface area contributed by atoms with Gasteiger partial charge in [-0.25, -0.2) is 9.59 Å².